The molecule has 13 heavy (non-hydrogen) atoms. The molecule has 0 aromatic carbocycles. The molecule has 0 aliphatic heterocycles. The first-order valence-electron chi connectivity index (χ1n) is 3.26. The lowest BCUT2D eigenvalue weighted by Gasteiger charge is -2.00. The lowest BCUT2D eigenvalue weighted by molar-refractivity contribution is -0.392. The molecule has 0 saturated heterocycles. The molecule has 0 saturated carbocycles. The van der Waals surface area contributed by atoms with Crippen molar-refractivity contribution in [3.63, 3.8) is 0 Å². The summed E-state index contributed by atoms with van der Waals surface area (Å²) in [5.41, 5.74) is 0. The van der Waals surface area contributed by atoms with Crippen molar-refractivity contribution in [1.29, 1.82) is 4.78 Å². The van der Waals surface area contributed by atoms with Crippen LogP contribution in [0.5, 0.6) is 0 Å². The van der Waals surface area contributed by atoms with Gasteiger partial charge in [0.2, 0.25) is 0 Å². The van der Waals surface area contributed by atoms with E-state index in [2.05, 4.69) is 4.98 Å². The predicted molar refractivity (Wildman–Crippen MR) is 45.9 cm³/mol. The van der Waals surface area contributed by atoms with Gasteiger partial charge < -0.3 is 10.1 Å². The largest absolute Gasteiger partial charge is 0.380 e. The maximum Gasteiger partial charge on any atom is 0.380 e. The normalized spacial score (nSPS) is 14.8. The number of nitrogens with zero attached hydrogens (tertiary/aromatic N) is 2. The van der Waals surface area contributed by atoms with E-state index >= 15 is 0 Å². The summed E-state index contributed by atoms with van der Waals surface area (Å²) < 4.78 is 18.4. The zero-order valence-electron chi connectivity index (χ0n) is 6.76. The van der Waals surface area contributed by atoms with E-state index in [-0.39, 0.29) is 4.90 Å². The fourth-order valence-corrected chi connectivity index (χ4v) is 1.64. The van der Waals surface area contributed by atoms with E-state index in [0.717, 1.165) is 6.26 Å². The third-order valence-electron chi connectivity index (χ3n) is 1.34. The summed E-state index contributed by atoms with van der Waals surface area (Å²) >= 11 is 0. The maximum atomic E-state index is 11.2. The van der Waals surface area contributed by atoms with Crippen LogP contribution in [0.25, 0.3) is 0 Å². The molecule has 1 rings (SSSR count). The van der Waals surface area contributed by atoms with Gasteiger partial charge in [-0.1, -0.05) is 0 Å². The van der Waals surface area contributed by atoms with Crippen LogP contribution in [0.1, 0.15) is 0 Å². The van der Waals surface area contributed by atoms with Crippen molar-refractivity contribution in [2.45, 2.75) is 4.90 Å². The number of nitro groups is 1. The molecular weight excluding hydrogens is 194 g/mol. The van der Waals surface area contributed by atoms with Gasteiger partial charge in [-0.3, -0.25) is 0 Å². The Balaban J connectivity index is 3.46. The van der Waals surface area contributed by atoms with Gasteiger partial charge in [-0.25, -0.2) is 8.99 Å². The van der Waals surface area contributed by atoms with Crippen LogP contribution in [0.15, 0.2) is 23.2 Å². The number of hydrogen-bond acceptors (Lipinski definition) is 5. The van der Waals surface area contributed by atoms with Gasteiger partial charge >= 0.3 is 5.82 Å². The number of rotatable bonds is 2. The smallest absolute Gasteiger partial charge is 0.358 e. The van der Waals surface area contributed by atoms with Gasteiger partial charge in [-0.2, -0.15) is 0 Å². The molecule has 0 aliphatic carbocycles. The quantitative estimate of drug-likeness (QED) is 0.570. The highest BCUT2D eigenvalue weighted by atomic mass is 32.2. The van der Waals surface area contributed by atoms with Crippen molar-refractivity contribution in [2.75, 3.05) is 6.26 Å². The van der Waals surface area contributed by atoms with Crippen molar-refractivity contribution in [3.8, 4) is 0 Å². The summed E-state index contributed by atoms with van der Waals surface area (Å²) in [6, 6.07) is 2.69. The molecule has 1 aromatic rings. The Morgan fingerprint density at radius 3 is 2.69 bits per heavy atom. The van der Waals surface area contributed by atoms with Gasteiger partial charge in [-0.15, -0.1) is 0 Å². The van der Waals surface area contributed by atoms with E-state index in [1.54, 1.807) is 0 Å². The first kappa shape index (κ1) is 9.59. The van der Waals surface area contributed by atoms with E-state index in [9.17, 15) is 14.3 Å². The lowest BCUT2D eigenvalue weighted by Crippen LogP contribution is -2.02. The highest BCUT2D eigenvalue weighted by Gasteiger charge is 2.19. The summed E-state index contributed by atoms with van der Waals surface area (Å²) in [6.45, 7) is 0. The summed E-state index contributed by atoms with van der Waals surface area (Å²) in [5, 5.41) is 10.4. The highest BCUT2D eigenvalue weighted by Crippen LogP contribution is 2.19. The topological polar surface area (TPSA) is 97.0 Å². The number of hydrogen-bond donors (Lipinski definition) is 1. The second-order valence-corrected chi connectivity index (χ2v) is 4.55. The molecule has 1 heterocycles. The van der Waals surface area contributed by atoms with Crippen LogP contribution in [0.4, 0.5) is 5.82 Å². The van der Waals surface area contributed by atoms with E-state index in [1.165, 1.54) is 18.3 Å². The standard InChI is InChI=1S/C6H7N3O3S/c1-13(7,12)5-3-2-4-8-6(5)9(10)11/h2-4,7H,1H3. The maximum absolute atomic E-state index is 11.2. The van der Waals surface area contributed by atoms with E-state index in [0.29, 0.717) is 0 Å². The molecule has 1 aromatic heterocycles. The molecule has 7 heteroatoms. The van der Waals surface area contributed by atoms with Crippen molar-refractivity contribution in [2.24, 2.45) is 0 Å². The third kappa shape index (κ3) is 2.00. The summed E-state index contributed by atoms with van der Waals surface area (Å²) in [5.74, 6) is -0.509. The molecule has 1 unspecified atom stereocenters. The SMILES string of the molecule is CS(=N)(=O)c1cccnc1[N+](=O)[O-]. The van der Waals surface area contributed by atoms with Crippen LogP contribution in [0, 0.1) is 14.9 Å². The minimum Gasteiger partial charge on any atom is -0.358 e. The van der Waals surface area contributed by atoms with Crippen molar-refractivity contribution < 1.29 is 9.13 Å². The lowest BCUT2D eigenvalue weighted by atomic mass is 10.5. The van der Waals surface area contributed by atoms with Crippen LogP contribution in [0.2, 0.25) is 0 Å². The Bertz CT molecular complexity index is 440. The van der Waals surface area contributed by atoms with Crippen LogP contribution in [-0.2, 0) is 9.73 Å². The monoisotopic (exact) mass is 201 g/mol. The van der Waals surface area contributed by atoms with Gasteiger partial charge in [0.25, 0.3) is 0 Å². The molecule has 6 nitrogen and oxygen atoms in total. The van der Waals surface area contributed by atoms with Crippen molar-refractivity contribution in [3.05, 3.63) is 28.4 Å². The molecule has 0 radical (unpaired) electrons. The number of nitrogens with one attached hydrogen (secondary N) is 1. The Kier molecular flexibility index (Phi) is 2.28. The Labute approximate surface area is 74.7 Å². The second kappa shape index (κ2) is 3.09. The first-order chi connectivity index (χ1) is 5.93. The van der Waals surface area contributed by atoms with E-state index < -0.39 is 20.5 Å². The molecule has 0 spiro atoms. The fraction of sp³-hybridized carbons (Fsp3) is 0.167. The number of aromatic nitrogens is 1. The summed E-state index contributed by atoms with van der Waals surface area (Å²) in [4.78, 5) is 13.0. The highest BCUT2D eigenvalue weighted by molar-refractivity contribution is 7.91. The Morgan fingerprint density at radius 2 is 2.31 bits per heavy atom. The van der Waals surface area contributed by atoms with Crippen LogP contribution in [0.3, 0.4) is 0 Å². The summed E-state index contributed by atoms with van der Waals surface area (Å²) in [7, 11) is -3.08. The van der Waals surface area contributed by atoms with Crippen LogP contribution < -0.4 is 0 Å². The zero-order valence-corrected chi connectivity index (χ0v) is 7.58. The Morgan fingerprint density at radius 1 is 1.69 bits per heavy atom. The minimum absolute atomic E-state index is 0.139. The molecule has 0 fully saturated rings. The molecule has 70 valence electrons. The number of pyridine rings is 1. The third-order valence-corrected chi connectivity index (χ3v) is 2.50. The molecule has 1 N–H and O–H groups in total. The van der Waals surface area contributed by atoms with Gasteiger partial charge in [0, 0.05) is 6.26 Å². The van der Waals surface area contributed by atoms with Gasteiger partial charge in [0.05, 0.1) is 9.73 Å². The molecule has 0 bridgehead atoms. The average Bonchev–Trinajstić information content (AvgIpc) is 2.03. The van der Waals surface area contributed by atoms with E-state index in [4.69, 9.17) is 4.78 Å². The van der Waals surface area contributed by atoms with Gasteiger partial charge in [0.1, 0.15) is 11.1 Å². The van der Waals surface area contributed by atoms with Crippen LogP contribution in [-0.4, -0.2) is 20.4 Å². The van der Waals surface area contributed by atoms with Gasteiger partial charge in [-0.05, 0) is 22.0 Å². The van der Waals surface area contributed by atoms with Crippen molar-refractivity contribution >= 4 is 15.5 Å². The average molecular weight is 201 g/mol. The van der Waals surface area contributed by atoms with Gasteiger partial charge in [0.15, 0.2) is 0 Å². The zero-order chi connectivity index (χ0) is 10.1. The Hall–Kier alpha value is -1.50. The second-order valence-electron chi connectivity index (χ2n) is 2.43. The summed E-state index contributed by atoms with van der Waals surface area (Å²) in [6.07, 6.45) is 2.35. The molecule has 1 atom stereocenters. The van der Waals surface area contributed by atoms with Crippen molar-refractivity contribution in [1.82, 2.24) is 4.98 Å². The molecule has 0 amide bonds. The fourth-order valence-electron chi connectivity index (χ4n) is 0.823. The first-order valence-corrected chi connectivity index (χ1v) is 5.23. The molecular formula is C6H7N3O3S. The van der Waals surface area contributed by atoms with E-state index in [1.807, 2.05) is 0 Å². The minimum atomic E-state index is -3.08. The molecule has 0 aliphatic rings. The van der Waals surface area contributed by atoms with Crippen LogP contribution >= 0.6 is 0 Å². The predicted octanol–water partition coefficient (Wildman–Crippen LogP) is 1.03.